The van der Waals surface area contributed by atoms with Gasteiger partial charge in [-0.2, -0.15) is 9.40 Å². The molecule has 0 aliphatic heterocycles. The predicted octanol–water partition coefficient (Wildman–Crippen LogP) is 5.66. The summed E-state index contributed by atoms with van der Waals surface area (Å²) in [7, 11) is -0.850. The van der Waals surface area contributed by atoms with Crippen molar-refractivity contribution < 1.29 is 17.9 Å². The molecule has 0 unspecified atom stereocenters. The molecule has 0 spiro atoms. The Kier molecular flexibility index (Phi) is 7.59. The molecule has 4 aromatic carbocycles. The molecular formula is C31H30N4O4S. The molecule has 1 heterocycles. The van der Waals surface area contributed by atoms with Gasteiger partial charge in [0.1, 0.15) is 11.5 Å². The van der Waals surface area contributed by atoms with E-state index in [-0.39, 0.29) is 18.0 Å². The molecule has 0 atom stereocenters. The average Bonchev–Trinajstić information content (AvgIpc) is 3.40. The molecule has 204 valence electrons. The van der Waals surface area contributed by atoms with Gasteiger partial charge in [0.2, 0.25) is 10.0 Å². The quantitative estimate of drug-likeness (QED) is 0.224. The van der Waals surface area contributed by atoms with E-state index in [0.717, 1.165) is 22.4 Å². The monoisotopic (exact) mass is 554 g/mol. The molecular weight excluding hydrogens is 524 g/mol. The molecule has 0 fully saturated rings. The zero-order valence-electron chi connectivity index (χ0n) is 22.3. The van der Waals surface area contributed by atoms with Gasteiger partial charge in [0.15, 0.2) is 0 Å². The van der Waals surface area contributed by atoms with Crippen molar-refractivity contribution >= 4 is 32.7 Å². The van der Waals surface area contributed by atoms with E-state index in [0.29, 0.717) is 28.1 Å². The van der Waals surface area contributed by atoms with Crippen LogP contribution in [0.2, 0.25) is 0 Å². The minimum absolute atomic E-state index is 0.0958. The number of nitrogen functional groups attached to an aromatic ring is 1. The first-order valence-corrected chi connectivity index (χ1v) is 14.0. The summed E-state index contributed by atoms with van der Waals surface area (Å²) < 4.78 is 42.4. The zero-order valence-corrected chi connectivity index (χ0v) is 23.1. The van der Waals surface area contributed by atoms with Crippen LogP contribution < -0.4 is 15.2 Å². The Morgan fingerprint density at radius 2 is 1.43 bits per heavy atom. The molecule has 0 bridgehead atoms. The van der Waals surface area contributed by atoms with Crippen molar-refractivity contribution in [2.24, 2.45) is 0 Å². The Balaban J connectivity index is 1.59. The van der Waals surface area contributed by atoms with Crippen molar-refractivity contribution in [3.8, 4) is 17.2 Å². The number of hydrogen-bond acceptors (Lipinski definition) is 6. The maximum absolute atomic E-state index is 14.4. The Hall–Kier alpha value is -4.60. The van der Waals surface area contributed by atoms with Crippen LogP contribution in [0.15, 0.2) is 103 Å². The summed E-state index contributed by atoms with van der Waals surface area (Å²) in [6.45, 7) is 4.08. The molecule has 5 rings (SSSR count). The van der Waals surface area contributed by atoms with E-state index >= 15 is 0 Å². The summed E-state index contributed by atoms with van der Waals surface area (Å²) in [4.78, 5) is 0.0958. The number of methoxy groups -OCH3 is 2. The third kappa shape index (κ3) is 5.42. The molecule has 0 aliphatic rings. The van der Waals surface area contributed by atoms with Crippen molar-refractivity contribution in [2.75, 3.05) is 20.0 Å². The molecule has 0 amide bonds. The molecule has 0 saturated heterocycles. The number of ether oxygens (including phenoxy) is 2. The highest BCUT2D eigenvalue weighted by Gasteiger charge is 2.29. The maximum Gasteiger partial charge on any atom is 0.244 e. The number of anilines is 1. The fourth-order valence-electron chi connectivity index (χ4n) is 4.52. The zero-order chi connectivity index (χ0) is 28.3. The van der Waals surface area contributed by atoms with Crippen LogP contribution >= 0.6 is 0 Å². The highest BCUT2D eigenvalue weighted by molar-refractivity contribution is 7.89. The number of nitrogens with two attached hydrogens (primary N) is 1. The fourth-order valence-corrected chi connectivity index (χ4v) is 6.16. The van der Waals surface area contributed by atoms with E-state index in [4.69, 9.17) is 15.2 Å². The second-order valence-corrected chi connectivity index (χ2v) is 11.2. The lowest BCUT2D eigenvalue weighted by atomic mass is 10.2. The van der Waals surface area contributed by atoms with Gasteiger partial charge in [0.05, 0.1) is 36.5 Å². The summed E-state index contributed by atoms with van der Waals surface area (Å²) in [5.41, 5.74) is 10.6. The molecule has 1 aromatic heterocycles. The number of sulfonamides is 1. The van der Waals surface area contributed by atoms with Crippen LogP contribution in [0.4, 0.5) is 5.69 Å². The summed E-state index contributed by atoms with van der Waals surface area (Å²) in [5, 5.41) is 5.01. The normalized spacial score (nSPS) is 11.6. The van der Waals surface area contributed by atoms with Crippen molar-refractivity contribution in [1.82, 2.24) is 14.1 Å². The Bertz CT molecular complexity index is 1700. The van der Waals surface area contributed by atoms with Crippen molar-refractivity contribution in [3.63, 3.8) is 0 Å². The number of benzene rings is 4. The lowest BCUT2D eigenvalue weighted by Gasteiger charge is -2.23. The number of nitrogens with zero attached hydrogens (tertiary/aromatic N) is 3. The molecule has 8 nitrogen and oxygen atoms in total. The number of rotatable bonds is 10. The lowest BCUT2D eigenvalue weighted by molar-refractivity contribution is 0.398. The molecule has 0 saturated carbocycles. The first kappa shape index (κ1) is 27.0. The van der Waals surface area contributed by atoms with Crippen LogP contribution in [0.5, 0.6) is 11.5 Å². The van der Waals surface area contributed by atoms with Gasteiger partial charge in [-0.1, -0.05) is 49.1 Å². The topological polar surface area (TPSA) is 99.7 Å². The molecule has 5 aromatic rings. The van der Waals surface area contributed by atoms with Crippen LogP contribution in [0.1, 0.15) is 16.7 Å². The fraction of sp³-hybridized carbons (Fsp3) is 0.129. The summed E-state index contributed by atoms with van der Waals surface area (Å²) in [5.74, 6) is 1.39. The Morgan fingerprint density at radius 3 is 1.93 bits per heavy atom. The molecule has 0 radical (unpaired) electrons. The van der Waals surface area contributed by atoms with Crippen molar-refractivity contribution in [2.45, 2.75) is 18.0 Å². The van der Waals surface area contributed by atoms with Gasteiger partial charge in [-0.15, -0.1) is 0 Å². The van der Waals surface area contributed by atoms with E-state index in [1.165, 1.54) is 10.4 Å². The van der Waals surface area contributed by atoms with Crippen LogP contribution in [0.25, 0.3) is 22.7 Å². The Labute approximate surface area is 233 Å². The van der Waals surface area contributed by atoms with Crippen LogP contribution in [-0.2, 0) is 23.1 Å². The summed E-state index contributed by atoms with van der Waals surface area (Å²) in [6, 6.07) is 25.6. The average molecular weight is 555 g/mol. The van der Waals surface area contributed by atoms with Gasteiger partial charge in [-0.05, 0) is 65.2 Å². The number of aromatic nitrogens is 2. The predicted molar refractivity (Wildman–Crippen MR) is 158 cm³/mol. The van der Waals surface area contributed by atoms with Crippen LogP contribution in [0, 0.1) is 0 Å². The highest BCUT2D eigenvalue weighted by Crippen LogP contribution is 2.32. The number of fused-ring (bicyclic) bond motifs is 1. The first-order valence-electron chi connectivity index (χ1n) is 12.6. The van der Waals surface area contributed by atoms with Gasteiger partial charge in [0.25, 0.3) is 0 Å². The van der Waals surface area contributed by atoms with Crippen molar-refractivity contribution in [1.29, 1.82) is 0 Å². The molecule has 0 aliphatic carbocycles. The van der Waals surface area contributed by atoms with Crippen LogP contribution in [0.3, 0.4) is 0 Å². The van der Waals surface area contributed by atoms with E-state index in [9.17, 15) is 8.42 Å². The van der Waals surface area contributed by atoms with E-state index < -0.39 is 10.0 Å². The van der Waals surface area contributed by atoms with Gasteiger partial charge in [0, 0.05) is 24.2 Å². The van der Waals surface area contributed by atoms with Crippen molar-refractivity contribution in [3.05, 3.63) is 114 Å². The highest BCUT2D eigenvalue weighted by atomic mass is 32.2. The SMILES string of the molecule is C=Cc1ccc(-n2ncc3c(S(=O)(=O)N(Cc4ccc(OC)cc4)Cc4ccc(OC)cc4)cc(N)cc32)cc1. The third-order valence-corrected chi connectivity index (χ3v) is 8.53. The Morgan fingerprint density at radius 1 is 0.875 bits per heavy atom. The molecule has 9 heteroatoms. The van der Waals surface area contributed by atoms with E-state index in [2.05, 4.69) is 11.7 Å². The van der Waals surface area contributed by atoms with Gasteiger partial charge in [-0.3, -0.25) is 0 Å². The standard InChI is InChI=1S/C31H30N4O4S/c1-4-22-5-11-26(12-6-22)35-30-17-25(32)18-31(29(30)19-33-35)40(36,37)34(20-23-7-13-27(38-2)14-8-23)21-24-9-15-28(39-3)16-10-24/h4-19H,1,20-21,32H2,2-3H3. The van der Waals surface area contributed by atoms with Gasteiger partial charge < -0.3 is 15.2 Å². The van der Waals surface area contributed by atoms with Crippen LogP contribution in [-0.4, -0.2) is 36.7 Å². The second-order valence-electron chi connectivity index (χ2n) is 9.27. The largest absolute Gasteiger partial charge is 0.497 e. The maximum atomic E-state index is 14.4. The lowest BCUT2D eigenvalue weighted by Crippen LogP contribution is -2.30. The summed E-state index contributed by atoms with van der Waals surface area (Å²) >= 11 is 0. The molecule has 40 heavy (non-hydrogen) atoms. The molecule has 2 N–H and O–H groups in total. The number of hydrogen-bond donors (Lipinski definition) is 1. The minimum atomic E-state index is -4.03. The smallest absolute Gasteiger partial charge is 0.244 e. The van der Waals surface area contributed by atoms with Gasteiger partial charge in [-0.25, -0.2) is 13.1 Å². The van der Waals surface area contributed by atoms with E-state index in [1.807, 2.05) is 72.8 Å². The summed E-state index contributed by atoms with van der Waals surface area (Å²) in [6.07, 6.45) is 3.33. The minimum Gasteiger partial charge on any atom is -0.497 e. The van der Waals surface area contributed by atoms with Gasteiger partial charge >= 0.3 is 0 Å². The second kappa shape index (κ2) is 11.3. The third-order valence-electron chi connectivity index (χ3n) is 6.70. The van der Waals surface area contributed by atoms with E-state index in [1.54, 1.807) is 37.2 Å². The first-order chi connectivity index (χ1) is 19.3.